The number of thioether (sulfide) groups is 1. The molecule has 1 aliphatic rings. The van der Waals surface area contributed by atoms with Crippen molar-refractivity contribution < 1.29 is 9.53 Å². The highest BCUT2D eigenvalue weighted by Crippen LogP contribution is 2.39. The maximum Gasteiger partial charge on any atom is 0.270 e. The van der Waals surface area contributed by atoms with Crippen LogP contribution in [0.3, 0.4) is 0 Å². The zero-order valence-corrected chi connectivity index (χ0v) is 20.8. The Bertz CT molecular complexity index is 1460. The third kappa shape index (κ3) is 4.57. The lowest BCUT2D eigenvalue weighted by Gasteiger charge is -2.15. The highest BCUT2D eigenvalue weighted by atomic mass is 35.5. The third-order valence-corrected chi connectivity index (χ3v) is 7.47. The van der Waals surface area contributed by atoms with Crippen LogP contribution in [0, 0.1) is 0 Å². The molecule has 3 nitrogen and oxygen atoms in total. The van der Waals surface area contributed by atoms with Crippen LogP contribution in [0.5, 0.6) is 5.75 Å². The maximum atomic E-state index is 13.2. The van der Waals surface area contributed by atoms with Crippen molar-refractivity contribution in [2.45, 2.75) is 6.61 Å². The molecule has 7 heteroatoms. The summed E-state index contributed by atoms with van der Waals surface area (Å²) < 4.78 is 6.63. The molecule has 1 saturated heterocycles. The summed E-state index contributed by atoms with van der Waals surface area (Å²) in [5.74, 6) is 0.479. The summed E-state index contributed by atoms with van der Waals surface area (Å²) >= 11 is 18.9. The number of carbonyl (C=O) groups is 1. The van der Waals surface area contributed by atoms with Crippen LogP contribution in [0.4, 0.5) is 5.69 Å². The number of carbonyl (C=O) groups excluding carboxylic acids is 1. The van der Waals surface area contributed by atoms with Gasteiger partial charge in [-0.3, -0.25) is 9.69 Å². The Morgan fingerprint density at radius 2 is 1.68 bits per heavy atom. The van der Waals surface area contributed by atoms with Gasteiger partial charge in [-0.15, -0.1) is 0 Å². The topological polar surface area (TPSA) is 29.5 Å². The standard InChI is InChI=1S/C27H17Cl2NO2S2/c28-22-13-12-20(15-23(22)29)30-26(31)25(34-27(30)33)14-18-7-2-4-11-24(18)32-16-19-9-5-8-17-6-1-3-10-21(17)19/h1-15H,16H2/b25-14+. The lowest BCUT2D eigenvalue weighted by atomic mass is 10.1. The Hall–Kier alpha value is -2.83. The number of halogens is 2. The van der Waals surface area contributed by atoms with Crippen molar-refractivity contribution in [3.63, 3.8) is 0 Å². The van der Waals surface area contributed by atoms with E-state index in [1.54, 1.807) is 18.2 Å². The van der Waals surface area contributed by atoms with Gasteiger partial charge in [-0.25, -0.2) is 0 Å². The van der Waals surface area contributed by atoms with Crippen molar-refractivity contribution in [1.82, 2.24) is 0 Å². The normalized spacial score (nSPS) is 14.9. The number of ether oxygens (including phenoxy) is 1. The molecule has 1 amide bonds. The molecule has 0 N–H and O–H groups in total. The first-order chi connectivity index (χ1) is 16.5. The predicted molar refractivity (Wildman–Crippen MR) is 147 cm³/mol. The zero-order chi connectivity index (χ0) is 23.7. The summed E-state index contributed by atoms with van der Waals surface area (Å²) in [6.07, 6.45) is 1.81. The molecule has 0 bridgehead atoms. The smallest absolute Gasteiger partial charge is 0.270 e. The van der Waals surface area contributed by atoms with Gasteiger partial charge >= 0.3 is 0 Å². The summed E-state index contributed by atoms with van der Waals surface area (Å²) in [5, 5.41) is 3.11. The van der Waals surface area contributed by atoms with Crippen LogP contribution in [-0.2, 0) is 11.4 Å². The van der Waals surface area contributed by atoms with Crippen LogP contribution in [0.15, 0.2) is 89.8 Å². The van der Waals surface area contributed by atoms with Crippen molar-refractivity contribution in [3.8, 4) is 5.75 Å². The number of thiocarbonyl (C=S) groups is 1. The van der Waals surface area contributed by atoms with Gasteiger partial charge in [0.15, 0.2) is 4.32 Å². The number of rotatable bonds is 5. The summed E-state index contributed by atoms with van der Waals surface area (Å²) in [7, 11) is 0. The van der Waals surface area contributed by atoms with Gasteiger partial charge < -0.3 is 4.74 Å². The summed E-state index contributed by atoms with van der Waals surface area (Å²) in [6, 6.07) is 27.1. The monoisotopic (exact) mass is 521 g/mol. The minimum Gasteiger partial charge on any atom is -0.488 e. The van der Waals surface area contributed by atoms with Crippen LogP contribution in [0.25, 0.3) is 16.8 Å². The molecule has 1 aliphatic heterocycles. The Labute approximate surface area is 216 Å². The molecule has 0 aromatic heterocycles. The first kappa shape index (κ1) is 22.9. The highest BCUT2D eigenvalue weighted by Gasteiger charge is 2.33. The van der Waals surface area contributed by atoms with Crippen molar-refractivity contribution >= 4 is 79.9 Å². The van der Waals surface area contributed by atoms with Crippen molar-refractivity contribution in [1.29, 1.82) is 0 Å². The molecule has 34 heavy (non-hydrogen) atoms. The molecule has 0 aliphatic carbocycles. The minimum atomic E-state index is -0.211. The number of fused-ring (bicyclic) bond motifs is 1. The van der Waals surface area contributed by atoms with E-state index in [1.807, 2.05) is 48.5 Å². The van der Waals surface area contributed by atoms with Gasteiger partial charge in [-0.2, -0.15) is 0 Å². The Morgan fingerprint density at radius 3 is 2.53 bits per heavy atom. The molecule has 0 radical (unpaired) electrons. The van der Waals surface area contributed by atoms with E-state index in [2.05, 4.69) is 24.3 Å². The molecule has 5 rings (SSSR count). The lowest BCUT2D eigenvalue weighted by molar-refractivity contribution is -0.113. The first-order valence-corrected chi connectivity index (χ1v) is 12.4. The molecule has 0 unspecified atom stereocenters. The fourth-order valence-electron chi connectivity index (χ4n) is 3.76. The van der Waals surface area contributed by atoms with Crippen molar-refractivity contribution in [2.75, 3.05) is 4.90 Å². The van der Waals surface area contributed by atoms with E-state index in [0.717, 1.165) is 16.5 Å². The molecule has 0 saturated carbocycles. The largest absolute Gasteiger partial charge is 0.488 e. The van der Waals surface area contributed by atoms with E-state index >= 15 is 0 Å². The average molecular weight is 522 g/mol. The lowest BCUT2D eigenvalue weighted by Crippen LogP contribution is -2.27. The summed E-state index contributed by atoms with van der Waals surface area (Å²) in [6.45, 7) is 0.413. The van der Waals surface area contributed by atoms with Gasteiger partial charge in [-0.05, 0) is 46.7 Å². The number of nitrogens with zero attached hydrogens (tertiary/aromatic N) is 1. The maximum absolute atomic E-state index is 13.2. The Morgan fingerprint density at radius 1 is 0.912 bits per heavy atom. The highest BCUT2D eigenvalue weighted by molar-refractivity contribution is 8.27. The van der Waals surface area contributed by atoms with Crippen LogP contribution in [-0.4, -0.2) is 10.2 Å². The number of amides is 1. The van der Waals surface area contributed by atoms with E-state index < -0.39 is 0 Å². The van der Waals surface area contributed by atoms with E-state index in [4.69, 9.17) is 40.2 Å². The van der Waals surface area contributed by atoms with Crippen LogP contribution < -0.4 is 9.64 Å². The molecule has 0 atom stereocenters. The van der Waals surface area contributed by atoms with Gasteiger partial charge in [-0.1, -0.05) is 108 Å². The molecular weight excluding hydrogens is 505 g/mol. The molecule has 1 heterocycles. The fourth-order valence-corrected chi connectivity index (χ4v) is 5.34. The van der Waals surface area contributed by atoms with E-state index in [-0.39, 0.29) is 5.91 Å². The third-order valence-electron chi connectivity index (χ3n) is 5.42. The van der Waals surface area contributed by atoms with Crippen molar-refractivity contribution in [3.05, 3.63) is 111 Å². The number of benzene rings is 4. The second kappa shape index (κ2) is 9.80. The van der Waals surface area contributed by atoms with E-state index in [0.29, 0.717) is 37.3 Å². The Balaban J connectivity index is 1.41. The second-order valence-electron chi connectivity index (χ2n) is 7.58. The van der Waals surface area contributed by atoms with Crippen LogP contribution in [0.1, 0.15) is 11.1 Å². The molecule has 168 valence electrons. The number of anilines is 1. The fraction of sp³-hybridized carbons (Fsp3) is 0.0370. The molecule has 1 fully saturated rings. The predicted octanol–water partition coefficient (Wildman–Crippen LogP) is 8.13. The molecule has 0 spiro atoms. The Kier molecular flexibility index (Phi) is 6.61. The number of hydrogen-bond donors (Lipinski definition) is 0. The first-order valence-electron chi connectivity index (χ1n) is 10.4. The zero-order valence-electron chi connectivity index (χ0n) is 17.7. The van der Waals surface area contributed by atoms with E-state index in [1.165, 1.54) is 22.0 Å². The van der Waals surface area contributed by atoms with Gasteiger partial charge in [0.25, 0.3) is 5.91 Å². The van der Waals surface area contributed by atoms with Gasteiger partial charge in [0, 0.05) is 5.56 Å². The minimum absolute atomic E-state index is 0.211. The quantitative estimate of drug-likeness (QED) is 0.196. The molecule has 4 aromatic carbocycles. The number of hydrogen-bond acceptors (Lipinski definition) is 4. The molecular formula is C27H17Cl2NO2S2. The number of para-hydroxylation sites is 1. The van der Waals surface area contributed by atoms with E-state index in [9.17, 15) is 4.79 Å². The average Bonchev–Trinajstić information content (AvgIpc) is 3.13. The van der Waals surface area contributed by atoms with Gasteiger partial charge in [0.05, 0.1) is 20.6 Å². The van der Waals surface area contributed by atoms with Crippen LogP contribution in [0.2, 0.25) is 10.0 Å². The SMILES string of the molecule is O=C1/C(=C\c2ccccc2OCc2cccc3ccccc23)SC(=S)N1c1ccc(Cl)c(Cl)c1. The van der Waals surface area contributed by atoms with Crippen LogP contribution >= 0.6 is 47.2 Å². The second-order valence-corrected chi connectivity index (χ2v) is 10.1. The summed E-state index contributed by atoms with van der Waals surface area (Å²) in [4.78, 5) is 15.2. The molecule has 4 aromatic rings. The van der Waals surface area contributed by atoms with Gasteiger partial charge in [0.2, 0.25) is 0 Å². The van der Waals surface area contributed by atoms with Gasteiger partial charge in [0.1, 0.15) is 12.4 Å². The summed E-state index contributed by atoms with van der Waals surface area (Å²) in [5.41, 5.74) is 2.48. The van der Waals surface area contributed by atoms with Crippen molar-refractivity contribution in [2.24, 2.45) is 0 Å².